The van der Waals surface area contributed by atoms with Crippen molar-refractivity contribution in [3.05, 3.63) is 59.9 Å². The van der Waals surface area contributed by atoms with E-state index < -0.39 is 24.2 Å². The maximum absolute atomic E-state index is 13.7. The second-order valence-electron chi connectivity index (χ2n) is 6.23. The predicted octanol–water partition coefficient (Wildman–Crippen LogP) is 3.60. The van der Waals surface area contributed by atoms with Crippen molar-refractivity contribution in [3.8, 4) is 5.75 Å². The van der Waals surface area contributed by atoms with Crippen molar-refractivity contribution in [2.45, 2.75) is 11.3 Å². The molecule has 2 amide bonds. The molecule has 0 unspecified atom stereocenters. The normalized spacial score (nSPS) is 10.4. The van der Waals surface area contributed by atoms with Crippen LogP contribution in [0.15, 0.2) is 52.9 Å². The fourth-order valence-electron chi connectivity index (χ4n) is 2.48. The van der Waals surface area contributed by atoms with Gasteiger partial charge in [-0.2, -0.15) is 0 Å². The Balaban J connectivity index is 1.57. The maximum Gasteiger partial charge on any atom is 0.316 e. The summed E-state index contributed by atoms with van der Waals surface area (Å²) < 4.78 is 24.5. The quantitative estimate of drug-likeness (QED) is 0.251. The third kappa shape index (κ3) is 7.26. The zero-order chi connectivity index (χ0) is 23.6. The van der Waals surface area contributed by atoms with Gasteiger partial charge < -0.3 is 14.8 Å². The van der Waals surface area contributed by atoms with Crippen LogP contribution in [0.3, 0.4) is 0 Å². The number of carbonyl (C=O) groups excluding carboxylic acids is 3. The van der Waals surface area contributed by atoms with Gasteiger partial charge in [0, 0.05) is 0 Å². The summed E-state index contributed by atoms with van der Waals surface area (Å²) in [6.45, 7) is 1.59. The average molecular weight is 491 g/mol. The van der Waals surface area contributed by atoms with Crippen LogP contribution in [-0.4, -0.2) is 46.9 Å². The first-order chi connectivity index (χ1) is 16.0. The Labute approximate surface area is 196 Å². The molecule has 12 heteroatoms. The first kappa shape index (κ1) is 24.1. The molecule has 0 aliphatic carbocycles. The van der Waals surface area contributed by atoms with Crippen molar-refractivity contribution in [2.75, 3.05) is 29.6 Å². The van der Waals surface area contributed by atoms with Gasteiger partial charge in [-0.3, -0.25) is 19.7 Å². The van der Waals surface area contributed by atoms with Crippen LogP contribution < -0.4 is 15.4 Å². The standard InChI is InChI=1S/C21H19FN4O5S2/c1-2-30-18(28)12-32-21-26-25-20(33-21)24-19(29)13-7-3-6-10-16(13)31-11-17(27)23-15-9-5-4-8-14(15)22/h3-10H,2,11-12H2,1H3,(H,23,27)(H,24,25,29). The lowest BCUT2D eigenvalue weighted by atomic mass is 10.2. The third-order valence-electron chi connectivity index (χ3n) is 3.88. The molecule has 172 valence electrons. The van der Waals surface area contributed by atoms with E-state index in [1.807, 2.05) is 0 Å². The van der Waals surface area contributed by atoms with Crippen molar-refractivity contribution in [2.24, 2.45) is 0 Å². The summed E-state index contributed by atoms with van der Waals surface area (Å²) >= 11 is 2.25. The zero-order valence-electron chi connectivity index (χ0n) is 17.4. The highest BCUT2D eigenvalue weighted by Crippen LogP contribution is 2.27. The lowest BCUT2D eigenvalue weighted by molar-refractivity contribution is -0.139. The van der Waals surface area contributed by atoms with Gasteiger partial charge in [-0.25, -0.2) is 4.39 Å². The number of anilines is 2. The lowest BCUT2D eigenvalue weighted by Gasteiger charge is -2.11. The number of rotatable bonds is 10. The van der Waals surface area contributed by atoms with Gasteiger partial charge in [0.25, 0.3) is 11.8 Å². The number of para-hydroxylation sites is 2. The Bertz CT molecular complexity index is 1140. The van der Waals surface area contributed by atoms with Crippen LogP contribution in [0.1, 0.15) is 17.3 Å². The number of amides is 2. The third-order valence-corrected chi connectivity index (χ3v) is 5.83. The molecule has 0 bridgehead atoms. The molecule has 1 aromatic heterocycles. The first-order valence-corrected chi connectivity index (χ1v) is 11.5. The van der Waals surface area contributed by atoms with Crippen LogP contribution in [0.25, 0.3) is 0 Å². The molecule has 9 nitrogen and oxygen atoms in total. The second kappa shape index (κ2) is 11.9. The van der Waals surface area contributed by atoms with E-state index in [1.165, 1.54) is 30.3 Å². The number of benzene rings is 2. The molecule has 1 heterocycles. The van der Waals surface area contributed by atoms with Crippen molar-refractivity contribution >= 4 is 51.7 Å². The van der Waals surface area contributed by atoms with Gasteiger partial charge in [0.05, 0.1) is 23.6 Å². The fourth-order valence-corrected chi connectivity index (χ4v) is 4.02. The molecule has 0 saturated carbocycles. The van der Waals surface area contributed by atoms with Gasteiger partial charge in [-0.15, -0.1) is 10.2 Å². The Kier molecular flexibility index (Phi) is 8.72. The first-order valence-electron chi connectivity index (χ1n) is 9.65. The number of esters is 1. The highest BCUT2D eigenvalue weighted by Gasteiger charge is 2.17. The van der Waals surface area contributed by atoms with Crippen LogP contribution >= 0.6 is 23.1 Å². The van der Waals surface area contributed by atoms with Gasteiger partial charge >= 0.3 is 5.97 Å². The van der Waals surface area contributed by atoms with Gasteiger partial charge in [0.1, 0.15) is 11.6 Å². The minimum absolute atomic E-state index is 0.0324. The van der Waals surface area contributed by atoms with E-state index in [0.717, 1.165) is 23.1 Å². The number of nitrogens with one attached hydrogen (secondary N) is 2. The summed E-state index contributed by atoms with van der Waals surface area (Å²) in [5, 5.41) is 13.1. The fraction of sp³-hybridized carbons (Fsp3) is 0.190. The Morgan fingerprint density at radius 3 is 2.61 bits per heavy atom. The zero-order valence-corrected chi connectivity index (χ0v) is 19.0. The smallest absolute Gasteiger partial charge is 0.316 e. The molecular weight excluding hydrogens is 471 g/mol. The second-order valence-corrected chi connectivity index (χ2v) is 8.43. The molecule has 2 aromatic carbocycles. The van der Waals surface area contributed by atoms with Crippen molar-refractivity contribution in [3.63, 3.8) is 0 Å². The minimum atomic E-state index is -0.581. The predicted molar refractivity (Wildman–Crippen MR) is 122 cm³/mol. The topological polar surface area (TPSA) is 120 Å². The number of hydrogen-bond acceptors (Lipinski definition) is 9. The Morgan fingerprint density at radius 1 is 1.06 bits per heavy atom. The van der Waals surface area contributed by atoms with Crippen molar-refractivity contribution in [1.29, 1.82) is 0 Å². The van der Waals surface area contributed by atoms with E-state index in [2.05, 4.69) is 20.8 Å². The van der Waals surface area contributed by atoms with Crippen LogP contribution in [0.4, 0.5) is 15.2 Å². The van der Waals surface area contributed by atoms with Crippen LogP contribution in [-0.2, 0) is 14.3 Å². The largest absolute Gasteiger partial charge is 0.483 e. The molecule has 3 aromatic rings. The molecule has 0 atom stereocenters. The molecule has 0 saturated heterocycles. The monoisotopic (exact) mass is 490 g/mol. The number of carbonyl (C=O) groups is 3. The van der Waals surface area contributed by atoms with E-state index in [4.69, 9.17) is 9.47 Å². The molecule has 2 N–H and O–H groups in total. The molecule has 0 radical (unpaired) electrons. The summed E-state index contributed by atoms with van der Waals surface area (Å²) in [6.07, 6.45) is 0. The van der Waals surface area contributed by atoms with E-state index in [0.29, 0.717) is 10.9 Å². The lowest BCUT2D eigenvalue weighted by Crippen LogP contribution is -2.22. The van der Waals surface area contributed by atoms with Crippen molar-refractivity contribution in [1.82, 2.24) is 10.2 Å². The van der Waals surface area contributed by atoms with Gasteiger partial charge in [-0.05, 0) is 31.2 Å². The number of nitrogens with zero attached hydrogens (tertiary/aromatic N) is 2. The Morgan fingerprint density at radius 2 is 1.82 bits per heavy atom. The van der Waals surface area contributed by atoms with Crippen LogP contribution in [0, 0.1) is 5.82 Å². The summed E-state index contributed by atoms with van der Waals surface area (Å²) in [5.41, 5.74) is 0.206. The van der Waals surface area contributed by atoms with Gasteiger partial charge in [0.2, 0.25) is 5.13 Å². The highest BCUT2D eigenvalue weighted by atomic mass is 32.2. The highest BCUT2D eigenvalue weighted by molar-refractivity contribution is 8.01. The summed E-state index contributed by atoms with van der Waals surface area (Å²) in [6, 6.07) is 12.1. The van der Waals surface area contributed by atoms with Crippen LogP contribution in [0.2, 0.25) is 0 Å². The van der Waals surface area contributed by atoms with E-state index >= 15 is 0 Å². The molecular formula is C21H19FN4O5S2. The summed E-state index contributed by atoms with van der Waals surface area (Å²) in [5.74, 6) is -1.78. The van der Waals surface area contributed by atoms with E-state index in [1.54, 1.807) is 25.1 Å². The number of hydrogen-bond donors (Lipinski definition) is 2. The Hall–Kier alpha value is -3.51. The molecule has 0 fully saturated rings. The minimum Gasteiger partial charge on any atom is -0.483 e. The van der Waals surface area contributed by atoms with Crippen LogP contribution in [0.5, 0.6) is 5.75 Å². The summed E-state index contributed by atoms with van der Waals surface area (Å²) in [7, 11) is 0. The SMILES string of the molecule is CCOC(=O)CSc1nnc(NC(=O)c2ccccc2OCC(=O)Nc2ccccc2F)s1. The molecule has 33 heavy (non-hydrogen) atoms. The average Bonchev–Trinajstić information content (AvgIpc) is 3.25. The molecule has 0 aliphatic rings. The van der Waals surface area contributed by atoms with Gasteiger partial charge in [-0.1, -0.05) is 47.4 Å². The molecule has 0 aliphatic heterocycles. The number of thioether (sulfide) groups is 1. The molecule has 3 rings (SSSR count). The summed E-state index contributed by atoms with van der Waals surface area (Å²) in [4.78, 5) is 36.2. The maximum atomic E-state index is 13.7. The molecule has 0 spiro atoms. The van der Waals surface area contributed by atoms with E-state index in [9.17, 15) is 18.8 Å². The number of ether oxygens (including phenoxy) is 2. The van der Waals surface area contributed by atoms with E-state index in [-0.39, 0.29) is 33.9 Å². The number of aromatic nitrogens is 2. The number of halogens is 1. The van der Waals surface area contributed by atoms with Crippen molar-refractivity contribution < 1.29 is 28.2 Å². The van der Waals surface area contributed by atoms with Gasteiger partial charge in [0.15, 0.2) is 10.9 Å².